The number of fused-ring (bicyclic) bond motifs is 3. The lowest BCUT2D eigenvalue weighted by molar-refractivity contribution is 0.393. The molecule has 0 spiro atoms. The molecule has 0 amide bonds. The van der Waals surface area contributed by atoms with E-state index in [-0.39, 0.29) is 16.6 Å². The highest BCUT2D eigenvalue weighted by atomic mass is 19.1. The molecule has 8 heteroatoms. The summed E-state index contributed by atoms with van der Waals surface area (Å²) < 4.78 is 25.9. The van der Waals surface area contributed by atoms with Gasteiger partial charge < -0.3 is 19.2 Å². The lowest BCUT2D eigenvalue weighted by Crippen LogP contribution is -2.08. The molecule has 3 aromatic heterocycles. The number of halogens is 1. The van der Waals surface area contributed by atoms with Gasteiger partial charge in [0.25, 0.3) is 5.56 Å². The molecule has 3 heterocycles. The maximum absolute atomic E-state index is 15.4. The van der Waals surface area contributed by atoms with Gasteiger partial charge in [0, 0.05) is 5.39 Å². The number of aromatic amines is 2. The van der Waals surface area contributed by atoms with Crippen molar-refractivity contribution in [1.82, 2.24) is 20.1 Å². The Labute approximate surface area is 140 Å². The van der Waals surface area contributed by atoms with Crippen LogP contribution in [-0.4, -0.2) is 27.2 Å². The van der Waals surface area contributed by atoms with Crippen LogP contribution in [0.2, 0.25) is 0 Å². The third-order valence-electron chi connectivity index (χ3n) is 4.28. The highest BCUT2D eigenvalue weighted by molar-refractivity contribution is 6.08. The Morgan fingerprint density at radius 3 is 2.60 bits per heavy atom. The second-order valence-electron chi connectivity index (χ2n) is 5.89. The van der Waals surface area contributed by atoms with Gasteiger partial charge in [-0.05, 0) is 26.8 Å². The van der Waals surface area contributed by atoms with Crippen molar-refractivity contribution in [2.24, 2.45) is 0 Å². The summed E-state index contributed by atoms with van der Waals surface area (Å²) in [4.78, 5) is 22.1. The Balaban J connectivity index is 2.20. The third kappa shape index (κ3) is 2.07. The molecule has 0 aliphatic rings. The second-order valence-corrected chi connectivity index (χ2v) is 5.89. The number of methoxy groups -OCH3 is 1. The molecule has 7 nitrogen and oxygen atoms in total. The van der Waals surface area contributed by atoms with E-state index in [4.69, 9.17) is 9.26 Å². The van der Waals surface area contributed by atoms with Gasteiger partial charge in [-0.3, -0.25) is 4.79 Å². The zero-order chi connectivity index (χ0) is 17.9. The Kier molecular flexibility index (Phi) is 3.18. The summed E-state index contributed by atoms with van der Waals surface area (Å²) in [7, 11) is 1.45. The van der Waals surface area contributed by atoms with Crippen molar-refractivity contribution in [3.63, 3.8) is 0 Å². The van der Waals surface area contributed by atoms with Crippen LogP contribution in [0.15, 0.2) is 15.4 Å². The van der Waals surface area contributed by atoms with Crippen molar-refractivity contribution in [1.29, 1.82) is 0 Å². The van der Waals surface area contributed by atoms with E-state index in [1.807, 2.05) is 0 Å². The van der Waals surface area contributed by atoms with E-state index in [1.165, 1.54) is 7.11 Å². The van der Waals surface area contributed by atoms with Gasteiger partial charge in [-0.25, -0.2) is 9.37 Å². The number of benzene rings is 1. The van der Waals surface area contributed by atoms with E-state index in [0.717, 1.165) is 0 Å². The number of hydrogen-bond acceptors (Lipinski definition) is 5. The average molecular weight is 342 g/mol. The number of aryl methyl sites for hydroxylation is 3. The Hall–Kier alpha value is -3.16. The minimum Gasteiger partial charge on any atom is -0.496 e. The van der Waals surface area contributed by atoms with E-state index >= 15 is 4.39 Å². The van der Waals surface area contributed by atoms with Crippen LogP contribution in [0.1, 0.15) is 17.3 Å². The number of nitrogens with one attached hydrogen (secondary N) is 2. The number of rotatable bonds is 2. The van der Waals surface area contributed by atoms with Crippen molar-refractivity contribution in [2.75, 3.05) is 7.11 Å². The maximum atomic E-state index is 15.4. The monoisotopic (exact) mass is 342 g/mol. The van der Waals surface area contributed by atoms with Crippen LogP contribution in [0.5, 0.6) is 5.75 Å². The number of H-pyrrole nitrogens is 2. The minimum absolute atomic E-state index is 0.189. The largest absolute Gasteiger partial charge is 0.496 e. The molecular weight excluding hydrogens is 327 g/mol. The molecule has 0 atom stereocenters. The Bertz CT molecular complexity index is 1180. The van der Waals surface area contributed by atoms with Crippen LogP contribution in [0, 0.1) is 26.6 Å². The minimum atomic E-state index is -0.543. The normalized spacial score (nSPS) is 11.6. The molecule has 128 valence electrons. The van der Waals surface area contributed by atoms with Crippen LogP contribution in [0.3, 0.4) is 0 Å². The van der Waals surface area contributed by atoms with Crippen LogP contribution >= 0.6 is 0 Å². The van der Waals surface area contributed by atoms with Gasteiger partial charge in [0.15, 0.2) is 5.82 Å². The van der Waals surface area contributed by atoms with Crippen LogP contribution in [0.4, 0.5) is 4.39 Å². The van der Waals surface area contributed by atoms with Crippen LogP contribution < -0.4 is 10.3 Å². The van der Waals surface area contributed by atoms with Crippen molar-refractivity contribution < 1.29 is 13.7 Å². The zero-order valence-electron chi connectivity index (χ0n) is 14.1. The summed E-state index contributed by atoms with van der Waals surface area (Å²) in [6.45, 7) is 5.10. The lowest BCUT2D eigenvalue weighted by Gasteiger charge is -2.10. The number of hydrogen-bond donors (Lipinski definition) is 2. The van der Waals surface area contributed by atoms with Crippen LogP contribution in [-0.2, 0) is 0 Å². The summed E-state index contributed by atoms with van der Waals surface area (Å²) in [6.07, 6.45) is 0. The standard InChI is InChI=1S/C17H15FN4O3/c1-6-11(7(2)25-22-6)13-10(24-4)5-9-12-16(21-15(9)14(13)18)19-8(3)20-17(12)23/h5H,1-4H3,(H2,19,20,21,23). The van der Waals surface area contributed by atoms with Crippen molar-refractivity contribution >= 4 is 21.9 Å². The van der Waals surface area contributed by atoms with Gasteiger partial charge in [-0.1, -0.05) is 5.16 Å². The molecule has 0 aliphatic carbocycles. The molecule has 0 unspecified atom stereocenters. The number of aromatic nitrogens is 4. The lowest BCUT2D eigenvalue weighted by atomic mass is 10.00. The SMILES string of the molecule is COc1cc2c([nH]c3nc(C)[nH]c(=O)c32)c(F)c1-c1c(C)noc1C. The summed E-state index contributed by atoms with van der Waals surface area (Å²) in [5, 5.41) is 4.59. The summed E-state index contributed by atoms with van der Waals surface area (Å²) >= 11 is 0. The highest BCUT2D eigenvalue weighted by Crippen LogP contribution is 2.41. The molecule has 4 rings (SSSR count). The molecule has 25 heavy (non-hydrogen) atoms. The molecule has 2 N–H and O–H groups in total. The van der Waals surface area contributed by atoms with Crippen molar-refractivity contribution in [2.45, 2.75) is 20.8 Å². The fourth-order valence-corrected chi connectivity index (χ4v) is 3.22. The van der Waals surface area contributed by atoms with E-state index in [0.29, 0.717) is 45.0 Å². The second kappa shape index (κ2) is 5.17. The quantitative estimate of drug-likeness (QED) is 0.583. The summed E-state index contributed by atoms with van der Waals surface area (Å²) in [5.41, 5.74) is 1.51. The van der Waals surface area contributed by atoms with Crippen molar-refractivity contribution in [3.8, 4) is 16.9 Å². The molecule has 0 aliphatic heterocycles. The smallest absolute Gasteiger partial charge is 0.261 e. The molecule has 0 saturated heterocycles. The van der Waals surface area contributed by atoms with Gasteiger partial charge in [0.05, 0.1) is 34.8 Å². The fourth-order valence-electron chi connectivity index (χ4n) is 3.22. The van der Waals surface area contributed by atoms with E-state index in [1.54, 1.807) is 26.8 Å². The first-order valence-corrected chi connectivity index (χ1v) is 7.64. The molecule has 0 radical (unpaired) electrons. The molecular formula is C17H15FN4O3. The highest BCUT2D eigenvalue weighted by Gasteiger charge is 2.25. The van der Waals surface area contributed by atoms with E-state index in [9.17, 15) is 4.79 Å². The first-order valence-electron chi connectivity index (χ1n) is 7.64. The van der Waals surface area contributed by atoms with Gasteiger partial charge in [0.1, 0.15) is 23.0 Å². The van der Waals surface area contributed by atoms with Gasteiger partial charge in [0.2, 0.25) is 0 Å². The van der Waals surface area contributed by atoms with E-state index in [2.05, 4.69) is 20.1 Å². The molecule has 4 aromatic rings. The fraction of sp³-hybridized carbons (Fsp3) is 0.235. The first-order chi connectivity index (χ1) is 11.9. The molecule has 0 fully saturated rings. The summed E-state index contributed by atoms with van der Waals surface area (Å²) in [6, 6.07) is 1.63. The van der Waals surface area contributed by atoms with Gasteiger partial charge in [-0.2, -0.15) is 0 Å². The first kappa shape index (κ1) is 15.4. The number of ether oxygens (including phenoxy) is 1. The van der Waals surface area contributed by atoms with Crippen LogP contribution in [0.25, 0.3) is 33.1 Å². The molecule has 0 bridgehead atoms. The zero-order valence-corrected chi connectivity index (χ0v) is 14.1. The maximum Gasteiger partial charge on any atom is 0.261 e. The topological polar surface area (TPSA) is 96.8 Å². The number of nitrogens with zero attached hydrogens (tertiary/aromatic N) is 2. The summed E-state index contributed by atoms with van der Waals surface area (Å²) in [5.74, 6) is 0.679. The Morgan fingerprint density at radius 2 is 1.96 bits per heavy atom. The molecule has 1 aromatic carbocycles. The predicted octanol–water partition coefficient (Wildman–Crippen LogP) is 3.13. The van der Waals surface area contributed by atoms with Gasteiger partial charge in [-0.15, -0.1) is 0 Å². The average Bonchev–Trinajstić information content (AvgIpc) is 3.08. The van der Waals surface area contributed by atoms with Gasteiger partial charge >= 0.3 is 0 Å². The van der Waals surface area contributed by atoms with Crippen molar-refractivity contribution in [3.05, 3.63) is 39.5 Å². The Morgan fingerprint density at radius 1 is 1.20 bits per heavy atom. The molecule has 0 saturated carbocycles. The third-order valence-corrected chi connectivity index (χ3v) is 4.28. The predicted molar refractivity (Wildman–Crippen MR) is 90.4 cm³/mol. The van der Waals surface area contributed by atoms with E-state index < -0.39 is 5.82 Å².